The third-order valence-electron chi connectivity index (χ3n) is 2.79. The summed E-state index contributed by atoms with van der Waals surface area (Å²) < 4.78 is 6.32. The molecule has 108 valence electrons. The summed E-state index contributed by atoms with van der Waals surface area (Å²) in [5, 5.41) is 0. The molecule has 1 aliphatic rings. The molecule has 0 aliphatic carbocycles. The molecule has 0 aromatic rings. The highest BCUT2D eigenvalue weighted by molar-refractivity contribution is 9.14. The Labute approximate surface area is 130 Å². The van der Waals surface area contributed by atoms with Crippen LogP contribution in [0.3, 0.4) is 0 Å². The second-order valence-electron chi connectivity index (χ2n) is 5.62. The molecule has 0 unspecified atom stereocenters. The highest BCUT2D eigenvalue weighted by atomic mass is 79.9. The van der Waals surface area contributed by atoms with Crippen LogP contribution < -0.4 is 0 Å². The van der Waals surface area contributed by atoms with Gasteiger partial charge in [0.05, 0.1) is 12.1 Å². The van der Waals surface area contributed by atoms with Gasteiger partial charge in [-0.3, -0.25) is 14.5 Å². The van der Waals surface area contributed by atoms with E-state index >= 15 is 0 Å². The summed E-state index contributed by atoms with van der Waals surface area (Å²) in [6, 6.07) is 0. The minimum Gasteiger partial charge on any atom is -0.374 e. The fourth-order valence-electron chi connectivity index (χ4n) is 1.66. The molecule has 0 N–H and O–H groups in total. The lowest BCUT2D eigenvalue weighted by atomic mass is 10.1. The monoisotopic (exact) mass is 395 g/mol. The summed E-state index contributed by atoms with van der Waals surface area (Å²) in [6.45, 7) is 8.88. The van der Waals surface area contributed by atoms with Crippen LogP contribution in [0.25, 0.3) is 0 Å². The number of nitrogens with zero attached hydrogens (tertiary/aromatic N) is 1. The molecule has 1 aliphatic heterocycles. The van der Waals surface area contributed by atoms with Gasteiger partial charge < -0.3 is 4.74 Å². The Morgan fingerprint density at radius 1 is 1.16 bits per heavy atom. The molecule has 0 saturated heterocycles. The van der Waals surface area contributed by atoms with E-state index in [0.717, 1.165) is 6.42 Å². The fourth-order valence-corrected chi connectivity index (χ4v) is 2.43. The maximum absolute atomic E-state index is 11.9. The Kier molecular flexibility index (Phi) is 5.77. The Hall–Kier alpha value is -0.200. The summed E-state index contributed by atoms with van der Waals surface area (Å²) in [5.74, 6) is -0.0781. The van der Waals surface area contributed by atoms with E-state index in [1.54, 1.807) is 0 Å². The predicted octanol–water partition coefficient (Wildman–Crippen LogP) is 3.20. The minimum absolute atomic E-state index is 0.243. The highest BCUT2D eigenvalue weighted by Gasteiger charge is 2.39. The zero-order valence-electron chi connectivity index (χ0n) is 11.6. The van der Waals surface area contributed by atoms with E-state index in [4.69, 9.17) is 4.74 Å². The minimum atomic E-state index is -0.550. The number of halogens is 2. The van der Waals surface area contributed by atoms with Gasteiger partial charge in [0.25, 0.3) is 11.8 Å². The van der Waals surface area contributed by atoms with Gasteiger partial charge in [0, 0.05) is 6.61 Å². The van der Waals surface area contributed by atoms with Crippen LogP contribution in [-0.2, 0) is 14.3 Å². The van der Waals surface area contributed by atoms with Crippen LogP contribution in [-0.4, -0.2) is 35.5 Å². The molecule has 0 spiro atoms. The zero-order valence-corrected chi connectivity index (χ0v) is 14.8. The van der Waals surface area contributed by atoms with E-state index in [1.807, 2.05) is 13.8 Å². The average Bonchev–Trinajstić information content (AvgIpc) is 2.46. The van der Waals surface area contributed by atoms with Gasteiger partial charge in [-0.1, -0.05) is 13.8 Å². The van der Waals surface area contributed by atoms with E-state index in [-0.39, 0.29) is 27.3 Å². The molecular formula is C13H19Br2NO3. The highest BCUT2D eigenvalue weighted by Crippen LogP contribution is 2.30. The van der Waals surface area contributed by atoms with Gasteiger partial charge in [-0.25, -0.2) is 0 Å². The standard InChI is InChI=1S/C13H19Br2NO3/c1-8(2)5-6-19-13(3,4)7-16-11(17)9(14)10(15)12(16)18/h8H,5-7H2,1-4H3. The van der Waals surface area contributed by atoms with E-state index in [0.29, 0.717) is 12.5 Å². The third-order valence-corrected chi connectivity index (χ3v) is 4.79. The molecule has 6 heteroatoms. The van der Waals surface area contributed by atoms with Crippen molar-refractivity contribution in [2.75, 3.05) is 13.2 Å². The van der Waals surface area contributed by atoms with E-state index in [1.165, 1.54) is 4.90 Å². The molecule has 1 heterocycles. The Balaban J connectivity index is 2.60. The molecule has 0 radical (unpaired) electrons. The molecule has 19 heavy (non-hydrogen) atoms. The number of hydrogen-bond donors (Lipinski definition) is 0. The number of rotatable bonds is 6. The van der Waals surface area contributed by atoms with Crippen molar-refractivity contribution < 1.29 is 14.3 Å². The number of amides is 2. The molecule has 0 saturated carbocycles. The number of hydrogen-bond acceptors (Lipinski definition) is 3. The number of carbonyl (C=O) groups is 2. The van der Waals surface area contributed by atoms with Crippen LogP contribution in [0.5, 0.6) is 0 Å². The largest absolute Gasteiger partial charge is 0.374 e. The Morgan fingerprint density at radius 2 is 1.63 bits per heavy atom. The van der Waals surface area contributed by atoms with Gasteiger partial charge in [-0.2, -0.15) is 0 Å². The molecule has 0 atom stereocenters. The van der Waals surface area contributed by atoms with Gasteiger partial charge in [-0.05, 0) is 58.0 Å². The first-order chi connectivity index (χ1) is 8.65. The molecule has 0 aromatic heterocycles. The first kappa shape index (κ1) is 16.9. The van der Waals surface area contributed by atoms with E-state index < -0.39 is 5.60 Å². The smallest absolute Gasteiger partial charge is 0.269 e. The van der Waals surface area contributed by atoms with Crippen LogP contribution in [0.4, 0.5) is 0 Å². The van der Waals surface area contributed by atoms with Crippen molar-refractivity contribution in [2.24, 2.45) is 5.92 Å². The predicted molar refractivity (Wildman–Crippen MR) is 81.1 cm³/mol. The van der Waals surface area contributed by atoms with E-state index in [9.17, 15) is 9.59 Å². The van der Waals surface area contributed by atoms with Crippen molar-refractivity contribution in [1.82, 2.24) is 4.90 Å². The lowest BCUT2D eigenvalue weighted by Gasteiger charge is -2.29. The normalized spacial score (nSPS) is 17.1. The van der Waals surface area contributed by atoms with Crippen LogP contribution in [0.15, 0.2) is 8.96 Å². The third kappa shape index (κ3) is 4.39. The van der Waals surface area contributed by atoms with Crippen LogP contribution in [0, 0.1) is 5.92 Å². The molecule has 1 rings (SSSR count). The maximum Gasteiger partial charge on any atom is 0.269 e. The van der Waals surface area contributed by atoms with Crippen LogP contribution in [0.2, 0.25) is 0 Å². The molecule has 0 fully saturated rings. The second-order valence-corrected chi connectivity index (χ2v) is 7.20. The molecular weight excluding hydrogens is 378 g/mol. The first-order valence-corrected chi connectivity index (χ1v) is 7.79. The van der Waals surface area contributed by atoms with Gasteiger partial charge in [0.1, 0.15) is 8.96 Å². The number of carbonyl (C=O) groups excluding carboxylic acids is 2. The summed E-state index contributed by atoms with van der Waals surface area (Å²) in [4.78, 5) is 25.0. The van der Waals surface area contributed by atoms with Crippen molar-refractivity contribution in [3.05, 3.63) is 8.96 Å². The second kappa shape index (κ2) is 6.50. The average molecular weight is 397 g/mol. The van der Waals surface area contributed by atoms with Gasteiger partial charge in [0.2, 0.25) is 0 Å². The Bertz CT molecular complexity index is 392. The van der Waals surface area contributed by atoms with Crippen LogP contribution in [0.1, 0.15) is 34.1 Å². The molecule has 0 bridgehead atoms. The SMILES string of the molecule is CC(C)CCOC(C)(C)CN1C(=O)C(Br)=C(Br)C1=O. The van der Waals surface area contributed by atoms with Crippen molar-refractivity contribution in [1.29, 1.82) is 0 Å². The van der Waals surface area contributed by atoms with Crippen molar-refractivity contribution in [2.45, 2.75) is 39.7 Å². The Morgan fingerprint density at radius 3 is 2.05 bits per heavy atom. The lowest BCUT2D eigenvalue weighted by Crippen LogP contribution is -2.44. The van der Waals surface area contributed by atoms with Gasteiger partial charge in [-0.15, -0.1) is 0 Å². The summed E-state index contributed by atoms with van der Waals surface area (Å²) in [7, 11) is 0. The summed E-state index contributed by atoms with van der Waals surface area (Å²) in [5.41, 5.74) is -0.550. The zero-order chi connectivity index (χ0) is 14.8. The van der Waals surface area contributed by atoms with Crippen molar-refractivity contribution in [3.8, 4) is 0 Å². The van der Waals surface area contributed by atoms with Crippen molar-refractivity contribution in [3.63, 3.8) is 0 Å². The lowest BCUT2D eigenvalue weighted by molar-refractivity contribution is -0.142. The fraction of sp³-hybridized carbons (Fsp3) is 0.692. The molecule has 2 amide bonds. The molecule has 0 aromatic carbocycles. The first-order valence-electron chi connectivity index (χ1n) is 6.21. The van der Waals surface area contributed by atoms with Crippen LogP contribution >= 0.6 is 31.9 Å². The summed E-state index contributed by atoms with van der Waals surface area (Å²) in [6.07, 6.45) is 0.955. The number of ether oxygens (including phenoxy) is 1. The summed E-state index contributed by atoms with van der Waals surface area (Å²) >= 11 is 6.22. The maximum atomic E-state index is 11.9. The van der Waals surface area contributed by atoms with Crippen molar-refractivity contribution >= 4 is 43.7 Å². The van der Waals surface area contributed by atoms with Gasteiger partial charge in [0.15, 0.2) is 0 Å². The molecule has 4 nitrogen and oxygen atoms in total. The van der Waals surface area contributed by atoms with Gasteiger partial charge >= 0.3 is 0 Å². The topological polar surface area (TPSA) is 46.6 Å². The quantitative estimate of drug-likeness (QED) is 0.647. The van der Waals surface area contributed by atoms with E-state index in [2.05, 4.69) is 45.7 Å². The number of imide groups is 1.